The summed E-state index contributed by atoms with van der Waals surface area (Å²) in [5, 5.41) is -3.35. The van der Waals surface area contributed by atoms with Crippen molar-refractivity contribution in [2.75, 3.05) is 0 Å². The van der Waals surface area contributed by atoms with Crippen LogP contribution in [0, 0.1) is 0 Å². The van der Waals surface area contributed by atoms with Crippen LogP contribution in [-0.4, -0.2) is 18.4 Å². The minimum absolute atomic E-state index is 0.377. The van der Waals surface area contributed by atoms with Crippen molar-refractivity contribution in [3.8, 4) is 0 Å². The highest BCUT2D eigenvalue weighted by Crippen LogP contribution is 2.45. The second kappa shape index (κ2) is 7.06. The Morgan fingerprint density at radius 2 is 0.739 bits per heavy atom. The van der Waals surface area contributed by atoms with Crippen LogP contribution in [0.3, 0.4) is 0 Å². The highest BCUT2D eigenvalue weighted by molar-refractivity contribution is 7.92. The molecule has 0 N–H and O–H groups in total. The van der Waals surface area contributed by atoms with Gasteiger partial charge in [-0.1, -0.05) is 92.8 Å². The van der Waals surface area contributed by atoms with E-state index in [0.717, 1.165) is 0 Å². The maximum atomic E-state index is 12.9. The third kappa shape index (κ3) is 3.46. The van der Waals surface area contributed by atoms with Gasteiger partial charge in [0.2, 0.25) is 9.84 Å². The van der Waals surface area contributed by atoms with Gasteiger partial charge in [-0.3, -0.25) is 0 Å². The molecule has 2 aromatic rings. The number of aromatic nitrogens is 2. The van der Waals surface area contributed by atoms with Gasteiger partial charge < -0.3 is 0 Å². The number of hydrogen-bond donors (Lipinski definition) is 0. The number of nitrogens with zero attached hydrogens (tertiary/aromatic N) is 2. The Labute approximate surface area is 170 Å². The van der Waals surface area contributed by atoms with Crippen molar-refractivity contribution >= 4 is 103 Å². The second-order valence-electron chi connectivity index (χ2n) is 3.80. The van der Waals surface area contributed by atoms with Crippen molar-refractivity contribution < 1.29 is 8.42 Å². The zero-order chi connectivity index (χ0) is 17.7. The lowest BCUT2D eigenvalue weighted by atomic mass is 10.5. The molecule has 4 nitrogen and oxygen atoms in total. The summed E-state index contributed by atoms with van der Waals surface area (Å²) in [4.78, 5) is 5.92. The number of sulfone groups is 1. The summed E-state index contributed by atoms with van der Waals surface area (Å²) in [5.41, 5.74) is 0. The molecule has 2 heterocycles. The van der Waals surface area contributed by atoms with E-state index in [4.69, 9.17) is 92.8 Å². The molecule has 23 heavy (non-hydrogen) atoms. The predicted molar refractivity (Wildman–Crippen MR) is 94.0 cm³/mol. The topological polar surface area (TPSA) is 59.9 Å². The molecule has 0 aliphatic rings. The molecule has 0 atom stereocenters. The minimum Gasteiger partial charge on any atom is -0.221 e. The van der Waals surface area contributed by atoms with Crippen molar-refractivity contribution in [3.05, 3.63) is 40.7 Å². The maximum Gasteiger partial charge on any atom is 0.212 e. The maximum absolute atomic E-state index is 12.9. The fourth-order valence-electron chi connectivity index (χ4n) is 1.51. The summed E-state index contributed by atoms with van der Waals surface area (Å²) in [5.74, 6) is 0. The van der Waals surface area contributed by atoms with Gasteiger partial charge in [0, 0.05) is 0 Å². The van der Waals surface area contributed by atoms with Crippen molar-refractivity contribution in [1.82, 2.24) is 9.97 Å². The molecule has 0 spiro atoms. The Balaban J connectivity index is 2.97. The summed E-state index contributed by atoms with van der Waals surface area (Å²) in [6.07, 6.45) is 0. The Hall–Kier alpha value is 0.570. The molecule has 2 rings (SSSR count). The van der Waals surface area contributed by atoms with Crippen molar-refractivity contribution in [3.63, 3.8) is 0 Å². The van der Waals surface area contributed by atoms with Crippen LogP contribution in [0.25, 0.3) is 0 Å². The lowest BCUT2D eigenvalue weighted by Gasteiger charge is -2.14. The van der Waals surface area contributed by atoms with E-state index >= 15 is 0 Å². The summed E-state index contributed by atoms with van der Waals surface area (Å²) in [7, 11) is -4.50. The molecule has 0 saturated heterocycles. The third-order valence-electron chi connectivity index (χ3n) is 2.45. The predicted octanol–water partition coefficient (Wildman–Crippen LogP) is 6.54. The van der Waals surface area contributed by atoms with Gasteiger partial charge in [-0.05, 0) is 0 Å². The van der Waals surface area contributed by atoms with Crippen LogP contribution in [-0.2, 0) is 9.84 Å². The minimum atomic E-state index is -4.50. The first-order chi connectivity index (χ1) is 10.5. The van der Waals surface area contributed by atoms with Gasteiger partial charge in [0.05, 0.1) is 20.1 Å². The van der Waals surface area contributed by atoms with E-state index in [9.17, 15) is 8.42 Å². The Bertz CT molecular complexity index is 809. The van der Waals surface area contributed by atoms with Gasteiger partial charge in [-0.15, -0.1) is 0 Å². The van der Waals surface area contributed by atoms with E-state index in [0.29, 0.717) is 0 Å². The smallest absolute Gasteiger partial charge is 0.212 e. The van der Waals surface area contributed by atoms with E-state index in [1.807, 2.05) is 0 Å². The zero-order valence-electron chi connectivity index (χ0n) is 10.1. The summed E-state index contributed by atoms with van der Waals surface area (Å²) >= 11 is 46.6. The van der Waals surface area contributed by atoms with E-state index in [2.05, 4.69) is 9.97 Å². The fraction of sp³-hybridized carbons (Fsp3) is 0. The molecule has 0 aliphatic heterocycles. The van der Waals surface area contributed by atoms with Gasteiger partial charge in [0.25, 0.3) is 0 Å². The first kappa shape index (κ1) is 19.9. The van der Waals surface area contributed by atoms with Crippen molar-refractivity contribution in [1.29, 1.82) is 0 Å². The highest BCUT2D eigenvalue weighted by atomic mass is 35.5. The zero-order valence-corrected chi connectivity index (χ0v) is 17.0. The first-order valence-corrected chi connectivity index (χ1v) is 9.65. The quantitative estimate of drug-likeness (QED) is 0.444. The molecular formula is C10Cl8N2O2S. The third-order valence-corrected chi connectivity index (χ3v) is 7.74. The molecule has 0 aromatic carbocycles. The molecule has 0 radical (unpaired) electrons. The number of hydrogen-bond acceptors (Lipinski definition) is 4. The lowest BCUT2D eigenvalue weighted by molar-refractivity contribution is 0.596. The van der Waals surface area contributed by atoms with Gasteiger partial charge >= 0.3 is 0 Å². The standard InChI is InChI=1S/C10Cl8N2O2S/c11-1-5(2(12)8(16)19-7(1)15)23(21,22)6-3(13)9(17)20-10(18)4(6)14. The van der Waals surface area contributed by atoms with Crippen LogP contribution in [0.2, 0.25) is 40.7 Å². The number of halogens is 8. The number of pyridine rings is 2. The molecule has 0 amide bonds. The molecule has 2 aromatic heterocycles. The van der Waals surface area contributed by atoms with Crippen LogP contribution in [0.1, 0.15) is 0 Å². The van der Waals surface area contributed by atoms with Crippen LogP contribution in [0.15, 0.2) is 9.79 Å². The summed E-state index contributed by atoms with van der Waals surface area (Å²) in [6, 6.07) is 0. The Morgan fingerprint density at radius 3 is 0.957 bits per heavy atom. The molecule has 0 bridgehead atoms. The van der Waals surface area contributed by atoms with E-state index in [1.165, 1.54) is 0 Å². The van der Waals surface area contributed by atoms with Crippen molar-refractivity contribution in [2.45, 2.75) is 9.79 Å². The van der Waals surface area contributed by atoms with Crippen LogP contribution >= 0.6 is 92.8 Å². The molecular weight excluding hydrogens is 496 g/mol. The summed E-state index contributed by atoms with van der Waals surface area (Å²) in [6.45, 7) is 0. The average molecular weight is 496 g/mol. The highest BCUT2D eigenvalue weighted by Gasteiger charge is 2.34. The first-order valence-electron chi connectivity index (χ1n) is 5.15. The molecule has 0 saturated carbocycles. The molecule has 13 heteroatoms. The SMILES string of the molecule is O=S(=O)(c1c(Cl)c(Cl)nc(Cl)c1Cl)c1c(Cl)c(Cl)nc(Cl)c1Cl. The Morgan fingerprint density at radius 1 is 0.522 bits per heavy atom. The largest absolute Gasteiger partial charge is 0.221 e. The van der Waals surface area contributed by atoms with E-state index in [1.54, 1.807) is 0 Å². The van der Waals surface area contributed by atoms with Gasteiger partial charge in [-0.25, -0.2) is 18.4 Å². The average Bonchev–Trinajstić information content (AvgIpc) is 2.43. The molecule has 0 aliphatic carbocycles. The van der Waals surface area contributed by atoms with Gasteiger partial charge in [0.15, 0.2) is 20.6 Å². The van der Waals surface area contributed by atoms with Gasteiger partial charge in [0.1, 0.15) is 9.79 Å². The van der Waals surface area contributed by atoms with Crippen molar-refractivity contribution in [2.24, 2.45) is 0 Å². The molecule has 124 valence electrons. The van der Waals surface area contributed by atoms with E-state index in [-0.39, 0.29) is 20.6 Å². The molecule has 0 fully saturated rings. The van der Waals surface area contributed by atoms with Gasteiger partial charge in [-0.2, -0.15) is 0 Å². The van der Waals surface area contributed by atoms with E-state index < -0.39 is 39.7 Å². The normalized spacial score (nSPS) is 11.8. The Kier molecular flexibility index (Phi) is 6.10. The lowest BCUT2D eigenvalue weighted by Crippen LogP contribution is -2.08. The van der Waals surface area contributed by atoms with Crippen LogP contribution in [0.5, 0.6) is 0 Å². The summed E-state index contributed by atoms with van der Waals surface area (Å²) < 4.78 is 25.8. The molecule has 0 unspecified atom stereocenters. The monoisotopic (exact) mass is 492 g/mol. The number of rotatable bonds is 2. The van der Waals surface area contributed by atoms with Crippen LogP contribution < -0.4 is 0 Å². The van der Waals surface area contributed by atoms with Crippen LogP contribution in [0.4, 0.5) is 0 Å². The second-order valence-corrected chi connectivity index (χ2v) is 8.57. The fourth-order valence-corrected chi connectivity index (χ4v) is 5.93.